The molecule has 0 saturated heterocycles. The van der Waals surface area contributed by atoms with Crippen molar-refractivity contribution in [2.24, 2.45) is 5.92 Å². The van der Waals surface area contributed by atoms with Crippen LogP contribution >= 0.6 is 0 Å². The number of rotatable bonds is 7. The molecule has 0 radical (unpaired) electrons. The minimum absolute atomic E-state index is 0.133. The summed E-state index contributed by atoms with van der Waals surface area (Å²) in [5, 5.41) is 9.06. The number of halogens is 1. The molecule has 0 saturated carbocycles. The molecule has 3 rings (SSSR count). The molecule has 0 aliphatic carbocycles. The quantitative estimate of drug-likeness (QED) is 0.303. The highest BCUT2D eigenvalue weighted by molar-refractivity contribution is 5.68. The number of hydrogen-bond acceptors (Lipinski definition) is 2. The maximum absolute atomic E-state index is 12.5. The van der Waals surface area contributed by atoms with E-state index in [0.717, 1.165) is 46.8 Å². The first-order chi connectivity index (χ1) is 18.8. The zero-order chi connectivity index (χ0) is 30.1. The number of aryl methyl sites for hydroxylation is 2. The lowest BCUT2D eigenvalue weighted by Crippen LogP contribution is -1.92. The van der Waals surface area contributed by atoms with E-state index >= 15 is 0 Å². The van der Waals surface area contributed by atoms with Gasteiger partial charge in [0, 0.05) is 11.3 Å². The molecule has 0 spiro atoms. The zero-order valence-corrected chi connectivity index (χ0v) is 26.2. The van der Waals surface area contributed by atoms with Gasteiger partial charge in [-0.05, 0) is 54.7 Å². The van der Waals surface area contributed by atoms with Crippen LogP contribution in [0.3, 0.4) is 0 Å². The Balaban J connectivity index is 0. The molecule has 0 N–H and O–H groups in total. The number of aromatic nitrogens is 1. The van der Waals surface area contributed by atoms with Crippen molar-refractivity contribution in [3.8, 4) is 17.3 Å². The molecule has 2 nitrogen and oxygen atoms in total. The molecule has 0 bridgehead atoms. The third-order valence-electron chi connectivity index (χ3n) is 5.58. The van der Waals surface area contributed by atoms with E-state index in [4.69, 9.17) is 5.26 Å². The van der Waals surface area contributed by atoms with Gasteiger partial charge in [0.15, 0.2) is 0 Å². The maximum atomic E-state index is 12.5. The topological polar surface area (TPSA) is 36.7 Å². The monoisotopic (exact) mass is 532 g/mol. The summed E-state index contributed by atoms with van der Waals surface area (Å²) in [6.45, 7) is 22.8. The van der Waals surface area contributed by atoms with Crippen LogP contribution in [0.25, 0.3) is 17.3 Å². The van der Waals surface area contributed by atoms with Crippen molar-refractivity contribution < 1.29 is 4.39 Å². The lowest BCUT2D eigenvalue weighted by Gasteiger charge is -2.06. The van der Waals surface area contributed by atoms with E-state index < -0.39 is 0 Å². The van der Waals surface area contributed by atoms with Crippen LogP contribution in [-0.2, 0) is 6.42 Å². The second kappa shape index (κ2) is 25.1. The summed E-state index contributed by atoms with van der Waals surface area (Å²) in [5.74, 6) is 0.816. The third kappa shape index (κ3) is 17.1. The Hall–Kier alpha value is -3.25. The standard InChI is InChI=1S/C15H12N2.C9H11F.C7H16.C3H8.C2H6/c1-3-12-8-9-15(17-11(12)2)14-7-5-4-6-13(14)10-16;1-2-4-8-5-3-6-9(10)7-8;1-4-6-7(3)5-2;1-3-2;1-2/h3-9H,1H2,2H3;3,5-7H,2,4H2,1H3;7H,4-6H2,1-3H3;3H2,1-2H3;1-2H3. The largest absolute Gasteiger partial charge is 0.252 e. The highest BCUT2D eigenvalue weighted by Crippen LogP contribution is 2.22. The fourth-order valence-electron chi connectivity index (χ4n) is 3.42. The van der Waals surface area contributed by atoms with Crippen LogP contribution in [0.4, 0.5) is 4.39 Å². The maximum Gasteiger partial charge on any atom is 0.123 e. The molecular formula is C36H53FN2. The first-order valence-corrected chi connectivity index (χ1v) is 14.6. The Morgan fingerprint density at radius 2 is 1.59 bits per heavy atom. The zero-order valence-electron chi connectivity index (χ0n) is 26.2. The molecule has 3 heteroatoms. The highest BCUT2D eigenvalue weighted by atomic mass is 19.1. The van der Waals surface area contributed by atoms with Crippen molar-refractivity contribution in [3.05, 3.63) is 95.4 Å². The highest BCUT2D eigenvalue weighted by Gasteiger charge is 2.06. The molecule has 0 fully saturated rings. The molecule has 214 valence electrons. The van der Waals surface area contributed by atoms with E-state index in [1.165, 1.54) is 31.7 Å². The smallest absolute Gasteiger partial charge is 0.123 e. The van der Waals surface area contributed by atoms with Gasteiger partial charge in [-0.15, -0.1) is 0 Å². The van der Waals surface area contributed by atoms with Gasteiger partial charge in [-0.25, -0.2) is 4.39 Å². The molecule has 1 heterocycles. The second-order valence-corrected chi connectivity index (χ2v) is 9.12. The molecule has 1 aromatic heterocycles. The Kier molecular flexibility index (Phi) is 24.3. The summed E-state index contributed by atoms with van der Waals surface area (Å²) >= 11 is 0. The molecule has 0 amide bonds. The average Bonchev–Trinajstić information content (AvgIpc) is 2.95. The number of nitriles is 1. The first kappa shape index (κ1) is 37.9. The second-order valence-electron chi connectivity index (χ2n) is 9.12. The molecule has 2 aromatic carbocycles. The van der Waals surface area contributed by atoms with Crippen LogP contribution in [0.1, 0.15) is 110 Å². The molecule has 0 aliphatic heterocycles. The van der Waals surface area contributed by atoms with Crippen LogP contribution in [0.5, 0.6) is 0 Å². The van der Waals surface area contributed by atoms with E-state index in [2.05, 4.69) is 59.2 Å². The Labute approximate surface area is 240 Å². The Morgan fingerprint density at radius 3 is 2.05 bits per heavy atom. The minimum Gasteiger partial charge on any atom is -0.252 e. The van der Waals surface area contributed by atoms with Gasteiger partial charge in [-0.1, -0.05) is 137 Å². The fourth-order valence-corrected chi connectivity index (χ4v) is 3.42. The van der Waals surface area contributed by atoms with E-state index in [-0.39, 0.29) is 5.82 Å². The van der Waals surface area contributed by atoms with Crippen molar-refractivity contribution in [3.63, 3.8) is 0 Å². The molecular weight excluding hydrogens is 479 g/mol. The fraction of sp³-hybridized carbons (Fsp3) is 0.444. The van der Waals surface area contributed by atoms with Gasteiger partial charge in [-0.3, -0.25) is 4.98 Å². The third-order valence-corrected chi connectivity index (χ3v) is 5.58. The first-order valence-electron chi connectivity index (χ1n) is 14.6. The van der Waals surface area contributed by atoms with E-state index in [1.54, 1.807) is 24.3 Å². The normalized spacial score (nSPS) is 9.87. The van der Waals surface area contributed by atoms with Gasteiger partial charge in [0.25, 0.3) is 0 Å². The van der Waals surface area contributed by atoms with Crippen LogP contribution in [0.2, 0.25) is 0 Å². The number of nitrogens with zero attached hydrogens (tertiary/aromatic N) is 2. The van der Waals surface area contributed by atoms with Gasteiger partial charge < -0.3 is 0 Å². The lowest BCUT2D eigenvalue weighted by atomic mass is 10.0. The molecule has 39 heavy (non-hydrogen) atoms. The van der Waals surface area contributed by atoms with Crippen molar-refractivity contribution in [2.75, 3.05) is 0 Å². The summed E-state index contributed by atoms with van der Waals surface area (Å²) in [7, 11) is 0. The van der Waals surface area contributed by atoms with Crippen molar-refractivity contribution in [2.45, 2.75) is 101 Å². The van der Waals surface area contributed by atoms with Crippen molar-refractivity contribution >= 4 is 6.08 Å². The summed E-state index contributed by atoms with van der Waals surface area (Å²) in [4.78, 5) is 4.50. The van der Waals surface area contributed by atoms with Crippen molar-refractivity contribution in [1.29, 1.82) is 5.26 Å². The van der Waals surface area contributed by atoms with Crippen LogP contribution in [0.15, 0.2) is 67.2 Å². The molecule has 0 aliphatic rings. The van der Waals surface area contributed by atoms with Crippen LogP contribution in [-0.4, -0.2) is 4.98 Å². The Bertz CT molecular complexity index is 1070. The van der Waals surface area contributed by atoms with Crippen LogP contribution in [0, 0.1) is 30.0 Å². The predicted octanol–water partition coefficient (Wildman–Crippen LogP) is 11.6. The lowest BCUT2D eigenvalue weighted by molar-refractivity contribution is 0.509. The van der Waals surface area contributed by atoms with E-state index in [0.29, 0.717) is 5.56 Å². The van der Waals surface area contributed by atoms with E-state index in [9.17, 15) is 4.39 Å². The molecule has 1 atom stereocenters. The van der Waals surface area contributed by atoms with Gasteiger partial charge in [0.05, 0.1) is 17.3 Å². The average molecular weight is 533 g/mol. The van der Waals surface area contributed by atoms with Gasteiger partial charge in [0.1, 0.15) is 5.82 Å². The summed E-state index contributed by atoms with van der Waals surface area (Å²) in [6, 6.07) is 20.3. The summed E-state index contributed by atoms with van der Waals surface area (Å²) in [6.07, 6.45) is 9.16. The number of pyridine rings is 1. The molecule has 3 aromatic rings. The van der Waals surface area contributed by atoms with Gasteiger partial charge in [-0.2, -0.15) is 5.26 Å². The minimum atomic E-state index is -0.133. The number of benzene rings is 2. The number of hydrogen-bond donors (Lipinski definition) is 0. The predicted molar refractivity (Wildman–Crippen MR) is 171 cm³/mol. The Morgan fingerprint density at radius 1 is 0.949 bits per heavy atom. The summed E-state index contributed by atoms with van der Waals surface area (Å²) in [5.41, 5.74) is 5.36. The van der Waals surface area contributed by atoms with E-state index in [1.807, 2.05) is 57.2 Å². The van der Waals surface area contributed by atoms with Crippen LogP contribution < -0.4 is 0 Å². The van der Waals surface area contributed by atoms with Gasteiger partial charge >= 0.3 is 0 Å². The van der Waals surface area contributed by atoms with Gasteiger partial charge in [0.2, 0.25) is 0 Å². The molecule has 1 unspecified atom stereocenters. The van der Waals surface area contributed by atoms with Crippen molar-refractivity contribution in [1.82, 2.24) is 4.98 Å². The SMILES string of the molecule is C=Cc1ccc(-c2ccccc2C#N)nc1C.CC.CCC.CCCC(C)CC.CCCc1cccc(F)c1. The summed E-state index contributed by atoms with van der Waals surface area (Å²) < 4.78 is 12.5.